The number of H-pyrrole nitrogens is 2. The van der Waals surface area contributed by atoms with Crippen molar-refractivity contribution in [1.82, 2.24) is 15.3 Å². The van der Waals surface area contributed by atoms with E-state index in [1.165, 1.54) is 6.20 Å². The molecular weight excluding hydrogens is 442 g/mol. The lowest BCUT2D eigenvalue weighted by atomic mass is 9.89. The zero-order valence-electron chi connectivity index (χ0n) is 19.4. The molecule has 0 radical (unpaired) electrons. The summed E-state index contributed by atoms with van der Waals surface area (Å²) in [6, 6.07) is 20.8. The Hall–Kier alpha value is -4.52. The molecule has 1 amide bonds. The Labute approximate surface area is 201 Å². The molecule has 0 bridgehead atoms. The monoisotopic (exact) mass is 467 g/mol. The molecule has 3 N–H and O–H groups in total. The molecule has 2 aromatic heterocycles. The van der Waals surface area contributed by atoms with Gasteiger partial charge < -0.3 is 24.8 Å². The van der Waals surface area contributed by atoms with Crippen LogP contribution in [0, 0.1) is 0 Å². The quantitative estimate of drug-likeness (QED) is 0.326. The van der Waals surface area contributed by atoms with Gasteiger partial charge in [0.1, 0.15) is 5.56 Å². The van der Waals surface area contributed by atoms with E-state index in [1.807, 2.05) is 54.7 Å². The molecule has 176 valence electrons. The number of carbonyl (C=O) groups excluding carboxylic acids is 1. The number of amides is 1. The van der Waals surface area contributed by atoms with Gasteiger partial charge in [-0.05, 0) is 29.8 Å². The number of carbonyl (C=O) groups is 1. The van der Waals surface area contributed by atoms with Crippen molar-refractivity contribution in [2.24, 2.45) is 0 Å². The second kappa shape index (κ2) is 9.38. The predicted molar refractivity (Wildman–Crippen MR) is 137 cm³/mol. The van der Waals surface area contributed by atoms with E-state index in [4.69, 9.17) is 9.47 Å². The minimum absolute atomic E-state index is 0.0685. The summed E-state index contributed by atoms with van der Waals surface area (Å²) in [6.45, 7) is 0.247. The number of rotatable bonds is 7. The smallest absolute Gasteiger partial charge is 0.256 e. The number of aromatic amines is 2. The highest BCUT2D eigenvalue weighted by atomic mass is 16.5. The van der Waals surface area contributed by atoms with Crippen LogP contribution in [-0.4, -0.2) is 36.6 Å². The Morgan fingerprint density at radius 2 is 1.51 bits per heavy atom. The fourth-order valence-corrected chi connectivity index (χ4v) is 4.58. The van der Waals surface area contributed by atoms with Gasteiger partial charge in [-0.1, -0.05) is 42.5 Å². The van der Waals surface area contributed by atoms with Crippen molar-refractivity contribution >= 4 is 27.7 Å². The van der Waals surface area contributed by atoms with Crippen molar-refractivity contribution in [2.45, 2.75) is 5.92 Å². The number of para-hydroxylation sites is 3. The van der Waals surface area contributed by atoms with E-state index in [0.29, 0.717) is 22.4 Å². The molecule has 1 unspecified atom stereocenters. The van der Waals surface area contributed by atoms with Crippen molar-refractivity contribution in [3.63, 3.8) is 0 Å². The first-order chi connectivity index (χ1) is 17.1. The minimum atomic E-state index is -0.441. The molecule has 1 atom stereocenters. The van der Waals surface area contributed by atoms with Crippen molar-refractivity contribution in [3.05, 3.63) is 106 Å². The average molecular weight is 468 g/mol. The Morgan fingerprint density at radius 1 is 0.829 bits per heavy atom. The van der Waals surface area contributed by atoms with Gasteiger partial charge in [0, 0.05) is 52.2 Å². The first-order valence-corrected chi connectivity index (χ1v) is 11.3. The van der Waals surface area contributed by atoms with Crippen molar-refractivity contribution in [1.29, 1.82) is 0 Å². The highest BCUT2D eigenvalue weighted by Crippen LogP contribution is 2.40. The first-order valence-electron chi connectivity index (χ1n) is 11.3. The highest BCUT2D eigenvalue weighted by Gasteiger charge is 2.25. The Kier molecular flexibility index (Phi) is 5.97. The van der Waals surface area contributed by atoms with Crippen LogP contribution in [0.15, 0.2) is 83.9 Å². The van der Waals surface area contributed by atoms with Crippen LogP contribution >= 0.6 is 0 Å². The highest BCUT2D eigenvalue weighted by molar-refractivity contribution is 5.97. The van der Waals surface area contributed by atoms with Gasteiger partial charge >= 0.3 is 0 Å². The summed E-state index contributed by atoms with van der Waals surface area (Å²) in [5, 5.41) is 4.49. The minimum Gasteiger partial charge on any atom is -0.493 e. The number of nitrogens with one attached hydrogen (secondary N) is 3. The lowest BCUT2D eigenvalue weighted by Gasteiger charge is -2.22. The van der Waals surface area contributed by atoms with E-state index in [2.05, 4.69) is 15.3 Å². The lowest BCUT2D eigenvalue weighted by molar-refractivity contribution is 0.0951. The lowest BCUT2D eigenvalue weighted by Crippen LogP contribution is -2.32. The Morgan fingerprint density at radius 3 is 2.26 bits per heavy atom. The van der Waals surface area contributed by atoms with Gasteiger partial charge in [-0.3, -0.25) is 9.59 Å². The molecule has 2 heterocycles. The topological polar surface area (TPSA) is 96.2 Å². The summed E-state index contributed by atoms with van der Waals surface area (Å²) in [4.78, 5) is 32.5. The summed E-state index contributed by atoms with van der Waals surface area (Å²) < 4.78 is 11.2. The zero-order chi connectivity index (χ0) is 24.4. The average Bonchev–Trinajstić information content (AvgIpc) is 3.33. The van der Waals surface area contributed by atoms with Gasteiger partial charge in [-0.25, -0.2) is 0 Å². The van der Waals surface area contributed by atoms with Crippen LogP contribution in [0.3, 0.4) is 0 Å². The fourth-order valence-electron chi connectivity index (χ4n) is 4.58. The summed E-state index contributed by atoms with van der Waals surface area (Å²) in [6.07, 6.45) is 3.41. The number of pyridine rings is 1. The molecule has 35 heavy (non-hydrogen) atoms. The zero-order valence-corrected chi connectivity index (χ0v) is 19.4. The van der Waals surface area contributed by atoms with Gasteiger partial charge in [0.05, 0.1) is 14.2 Å². The SMILES string of the molecule is COc1cccc(C(CNC(=O)c2c[nH]c3ccccc3c2=O)c2c[nH]c3ccccc23)c1OC. The second-order valence-electron chi connectivity index (χ2n) is 8.21. The fraction of sp³-hybridized carbons (Fsp3) is 0.143. The molecular formula is C28H25N3O4. The molecule has 0 aliphatic heterocycles. The van der Waals surface area contributed by atoms with Crippen LogP contribution in [0.25, 0.3) is 21.8 Å². The van der Waals surface area contributed by atoms with Crippen LogP contribution in [0.4, 0.5) is 0 Å². The molecule has 0 saturated carbocycles. The largest absolute Gasteiger partial charge is 0.493 e. The maximum absolute atomic E-state index is 13.2. The number of hydrogen-bond donors (Lipinski definition) is 3. The van der Waals surface area contributed by atoms with E-state index in [9.17, 15) is 9.59 Å². The van der Waals surface area contributed by atoms with Crippen LogP contribution in [0.1, 0.15) is 27.4 Å². The molecule has 0 aliphatic rings. The van der Waals surface area contributed by atoms with E-state index in [0.717, 1.165) is 22.0 Å². The van der Waals surface area contributed by atoms with Gasteiger partial charge in [-0.15, -0.1) is 0 Å². The van der Waals surface area contributed by atoms with Crippen molar-refractivity contribution < 1.29 is 14.3 Å². The number of benzene rings is 3. The summed E-state index contributed by atoms with van der Waals surface area (Å²) in [5.74, 6) is 0.499. The van der Waals surface area contributed by atoms with Crippen LogP contribution in [0.2, 0.25) is 0 Å². The Bertz CT molecular complexity index is 1580. The van der Waals surface area contributed by atoms with Crippen molar-refractivity contribution in [2.75, 3.05) is 20.8 Å². The molecule has 7 nitrogen and oxygen atoms in total. The number of hydrogen-bond acceptors (Lipinski definition) is 4. The summed E-state index contributed by atoms with van der Waals surface area (Å²) >= 11 is 0. The summed E-state index contributed by atoms with van der Waals surface area (Å²) in [5.41, 5.74) is 3.31. The number of aromatic nitrogens is 2. The third kappa shape index (κ3) is 4.01. The van der Waals surface area contributed by atoms with Crippen LogP contribution in [0.5, 0.6) is 11.5 Å². The van der Waals surface area contributed by atoms with Gasteiger partial charge in [0.15, 0.2) is 11.5 Å². The molecule has 7 heteroatoms. The van der Waals surface area contributed by atoms with E-state index < -0.39 is 5.91 Å². The van der Waals surface area contributed by atoms with Gasteiger partial charge in [-0.2, -0.15) is 0 Å². The first kappa shape index (κ1) is 22.3. The number of ether oxygens (including phenoxy) is 2. The molecule has 0 fully saturated rings. The van der Waals surface area contributed by atoms with Crippen LogP contribution in [-0.2, 0) is 0 Å². The van der Waals surface area contributed by atoms with E-state index >= 15 is 0 Å². The van der Waals surface area contributed by atoms with Crippen molar-refractivity contribution in [3.8, 4) is 11.5 Å². The second-order valence-corrected chi connectivity index (χ2v) is 8.21. The summed E-state index contributed by atoms with van der Waals surface area (Å²) in [7, 11) is 3.19. The third-order valence-electron chi connectivity index (χ3n) is 6.31. The van der Waals surface area contributed by atoms with E-state index in [-0.39, 0.29) is 23.5 Å². The van der Waals surface area contributed by atoms with Gasteiger partial charge in [0.2, 0.25) is 5.43 Å². The van der Waals surface area contributed by atoms with E-state index in [1.54, 1.807) is 32.4 Å². The molecule has 0 spiro atoms. The number of methoxy groups -OCH3 is 2. The molecule has 0 aliphatic carbocycles. The van der Waals surface area contributed by atoms with Gasteiger partial charge in [0.25, 0.3) is 5.91 Å². The molecule has 0 saturated heterocycles. The normalized spacial score (nSPS) is 11.9. The molecule has 5 aromatic rings. The Balaban J connectivity index is 1.54. The maximum Gasteiger partial charge on any atom is 0.256 e. The molecule has 5 rings (SSSR count). The molecule has 3 aromatic carbocycles. The predicted octanol–water partition coefficient (Wildman–Crippen LogP) is 4.59. The third-order valence-corrected chi connectivity index (χ3v) is 6.31. The number of fused-ring (bicyclic) bond motifs is 2. The maximum atomic E-state index is 13.2. The standard InChI is InChI=1S/C28H25N3O4/c1-34-25-13-7-10-18(27(25)35-2)21(20-14-29-23-11-5-3-8-17(20)23)15-31-28(33)22-16-30-24-12-6-4-9-19(24)26(22)32/h3-14,16,21,29H,15H2,1-2H3,(H,30,32)(H,31,33). The van der Waals surface area contributed by atoms with Crippen LogP contribution < -0.4 is 20.2 Å².